The fraction of sp³-hybridized carbons (Fsp3) is 0.125. The highest BCUT2D eigenvalue weighted by molar-refractivity contribution is 7.89. The number of halogens is 1. The summed E-state index contributed by atoms with van der Waals surface area (Å²) in [4.78, 5) is 15.7. The molecule has 8 heteroatoms. The van der Waals surface area contributed by atoms with E-state index in [4.69, 9.17) is 0 Å². The van der Waals surface area contributed by atoms with Gasteiger partial charge in [0.1, 0.15) is 10.7 Å². The number of hydrogen-bond acceptors (Lipinski definition) is 4. The number of benzene rings is 1. The molecule has 0 aliphatic rings. The van der Waals surface area contributed by atoms with Gasteiger partial charge >= 0.3 is 0 Å². The maximum atomic E-state index is 13.0. The number of anilines is 1. The Hall–Kier alpha value is -2.58. The van der Waals surface area contributed by atoms with E-state index in [9.17, 15) is 17.6 Å². The monoisotopic (exact) mass is 349 g/mol. The second kappa shape index (κ2) is 7.33. The van der Waals surface area contributed by atoms with Crippen molar-refractivity contribution < 1.29 is 17.6 Å². The van der Waals surface area contributed by atoms with E-state index < -0.39 is 21.7 Å². The van der Waals surface area contributed by atoms with E-state index in [-0.39, 0.29) is 10.6 Å². The fourth-order valence-corrected chi connectivity index (χ4v) is 2.90. The number of carbonyl (C=O) groups is 1. The molecule has 1 aromatic heterocycles. The summed E-state index contributed by atoms with van der Waals surface area (Å²) >= 11 is 0. The molecule has 0 fully saturated rings. The molecule has 1 heterocycles. The highest BCUT2D eigenvalue weighted by Gasteiger charge is 2.21. The summed E-state index contributed by atoms with van der Waals surface area (Å²) in [5, 5.41) is 2.51. The highest BCUT2D eigenvalue weighted by atomic mass is 32.2. The summed E-state index contributed by atoms with van der Waals surface area (Å²) in [6.07, 6.45) is 5.01. The summed E-state index contributed by atoms with van der Waals surface area (Å²) in [6.45, 7) is 0. The molecule has 0 radical (unpaired) electrons. The zero-order chi connectivity index (χ0) is 17.7. The molecule has 2 rings (SSSR count). The molecule has 1 aromatic carbocycles. The number of carbonyl (C=O) groups excluding carboxylic acids is 1. The number of sulfonamides is 1. The summed E-state index contributed by atoms with van der Waals surface area (Å²) in [7, 11) is -0.876. The van der Waals surface area contributed by atoms with Crippen LogP contribution in [0.2, 0.25) is 0 Å². The molecule has 0 atom stereocenters. The molecule has 0 spiro atoms. The van der Waals surface area contributed by atoms with Crippen LogP contribution in [0.25, 0.3) is 6.08 Å². The van der Waals surface area contributed by atoms with Gasteiger partial charge in [0.05, 0.1) is 11.9 Å². The van der Waals surface area contributed by atoms with E-state index in [0.29, 0.717) is 5.56 Å². The van der Waals surface area contributed by atoms with Crippen LogP contribution in [0, 0.1) is 5.82 Å². The maximum Gasteiger partial charge on any atom is 0.248 e. The number of amides is 1. The van der Waals surface area contributed by atoms with Gasteiger partial charge in [0.15, 0.2) is 0 Å². The van der Waals surface area contributed by atoms with Crippen LogP contribution in [-0.4, -0.2) is 37.7 Å². The first-order valence-corrected chi connectivity index (χ1v) is 8.36. The number of hydrogen-bond donors (Lipinski definition) is 1. The Balaban J connectivity index is 2.21. The van der Waals surface area contributed by atoms with Gasteiger partial charge < -0.3 is 5.32 Å². The molecule has 2 aromatic rings. The lowest BCUT2D eigenvalue weighted by Crippen LogP contribution is -2.24. The van der Waals surface area contributed by atoms with E-state index >= 15 is 0 Å². The van der Waals surface area contributed by atoms with Crippen molar-refractivity contribution >= 4 is 27.7 Å². The molecule has 126 valence electrons. The van der Waals surface area contributed by atoms with Crippen molar-refractivity contribution in [2.24, 2.45) is 0 Å². The van der Waals surface area contributed by atoms with Crippen LogP contribution in [0.3, 0.4) is 0 Å². The van der Waals surface area contributed by atoms with Gasteiger partial charge in [-0.1, -0.05) is 12.1 Å². The van der Waals surface area contributed by atoms with Crippen LogP contribution in [0.1, 0.15) is 5.56 Å². The first kappa shape index (κ1) is 17.8. The molecule has 0 bridgehead atoms. The largest absolute Gasteiger partial charge is 0.321 e. The average molecular weight is 349 g/mol. The Bertz CT molecular complexity index is 880. The first-order chi connectivity index (χ1) is 11.3. The molecule has 0 aliphatic heterocycles. The minimum Gasteiger partial charge on any atom is -0.321 e. The van der Waals surface area contributed by atoms with Crippen molar-refractivity contribution in [2.45, 2.75) is 4.90 Å². The van der Waals surface area contributed by atoms with Gasteiger partial charge in [-0.3, -0.25) is 9.78 Å². The predicted molar refractivity (Wildman–Crippen MR) is 89.2 cm³/mol. The Morgan fingerprint density at radius 3 is 2.62 bits per heavy atom. The number of rotatable bonds is 5. The Morgan fingerprint density at radius 1 is 1.25 bits per heavy atom. The summed E-state index contributed by atoms with van der Waals surface area (Å²) in [6, 6.07) is 7.31. The average Bonchev–Trinajstić information content (AvgIpc) is 2.53. The van der Waals surface area contributed by atoms with Crippen LogP contribution < -0.4 is 5.32 Å². The van der Waals surface area contributed by atoms with E-state index in [1.165, 1.54) is 50.6 Å². The first-order valence-electron chi connectivity index (χ1n) is 6.92. The van der Waals surface area contributed by atoms with E-state index in [1.807, 2.05) is 0 Å². The number of nitrogens with zero attached hydrogens (tertiary/aromatic N) is 2. The lowest BCUT2D eigenvalue weighted by molar-refractivity contribution is -0.111. The predicted octanol–water partition coefficient (Wildman–Crippen LogP) is 2.12. The maximum absolute atomic E-state index is 13.0. The lowest BCUT2D eigenvalue weighted by Gasteiger charge is -2.15. The second-order valence-electron chi connectivity index (χ2n) is 5.04. The minimum atomic E-state index is -3.69. The summed E-state index contributed by atoms with van der Waals surface area (Å²) in [5.74, 6) is -1.05. The van der Waals surface area contributed by atoms with Crippen LogP contribution >= 0.6 is 0 Å². The standard InChI is InChI=1S/C16H16FN3O3S/c1-20(2)24(22,23)15-6-4-3-5-14(15)19-16(21)8-7-12-9-13(17)11-18-10-12/h3-11H,1-2H3,(H,19,21)/b8-7+. The van der Waals surface area contributed by atoms with Gasteiger partial charge in [-0.05, 0) is 29.8 Å². The normalized spacial score (nSPS) is 11.8. The molecule has 1 N–H and O–H groups in total. The van der Waals surface area contributed by atoms with Crippen molar-refractivity contribution in [3.8, 4) is 0 Å². The molecule has 0 aliphatic carbocycles. The molecule has 0 saturated heterocycles. The molecule has 0 saturated carbocycles. The Morgan fingerprint density at radius 2 is 1.96 bits per heavy atom. The van der Waals surface area contributed by atoms with E-state index in [1.54, 1.807) is 12.1 Å². The number of pyridine rings is 1. The van der Waals surface area contributed by atoms with Gasteiger partial charge in [-0.2, -0.15) is 0 Å². The number of aromatic nitrogens is 1. The SMILES string of the molecule is CN(C)S(=O)(=O)c1ccccc1NC(=O)/C=C/c1cncc(F)c1. The van der Waals surface area contributed by atoms with Gasteiger partial charge in [-0.25, -0.2) is 17.1 Å². The van der Waals surface area contributed by atoms with E-state index in [2.05, 4.69) is 10.3 Å². The van der Waals surface area contributed by atoms with Gasteiger partial charge in [-0.15, -0.1) is 0 Å². The van der Waals surface area contributed by atoms with Gasteiger partial charge in [0, 0.05) is 26.4 Å². The third-order valence-corrected chi connectivity index (χ3v) is 4.93. The van der Waals surface area contributed by atoms with Crippen LogP contribution in [0.5, 0.6) is 0 Å². The molecular weight excluding hydrogens is 333 g/mol. The third-order valence-electron chi connectivity index (χ3n) is 3.06. The van der Waals surface area contributed by atoms with Crippen molar-refractivity contribution in [1.29, 1.82) is 0 Å². The quantitative estimate of drug-likeness (QED) is 0.839. The second-order valence-corrected chi connectivity index (χ2v) is 7.16. The number of para-hydroxylation sites is 1. The van der Waals surface area contributed by atoms with Gasteiger partial charge in [0.25, 0.3) is 0 Å². The molecule has 6 nitrogen and oxygen atoms in total. The molecule has 0 unspecified atom stereocenters. The Labute approximate surface area is 139 Å². The van der Waals surface area contributed by atoms with Crippen LogP contribution in [-0.2, 0) is 14.8 Å². The molecule has 24 heavy (non-hydrogen) atoms. The zero-order valence-corrected chi connectivity index (χ0v) is 13.9. The van der Waals surface area contributed by atoms with Gasteiger partial charge in [0.2, 0.25) is 15.9 Å². The highest BCUT2D eigenvalue weighted by Crippen LogP contribution is 2.23. The minimum absolute atomic E-state index is 0.0100. The van der Waals surface area contributed by atoms with Crippen LogP contribution in [0.4, 0.5) is 10.1 Å². The molecule has 1 amide bonds. The third kappa shape index (κ3) is 4.24. The summed E-state index contributed by atoms with van der Waals surface area (Å²) < 4.78 is 38.6. The van der Waals surface area contributed by atoms with Crippen molar-refractivity contribution in [1.82, 2.24) is 9.29 Å². The smallest absolute Gasteiger partial charge is 0.248 e. The van der Waals surface area contributed by atoms with Crippen molar-refractivity contribution in [3.05, 3.63) is 60.2 Å². The van der Waals surface area contributed by atoms with Crippen LogP contribution in [0.15, 0.2) is 53.7 Å². The molecular formula is C16H16FN3O3S. The van der Waals surface area contributed by atoms with Crippen molar-refractivity contribution in [3.63, 3.8) is 0 Å². The zero-order valence-electron chi connectivity index (χ0n) is 13.1. The fourth-order valence-electron chi connectivity index (χ4n) is 1.86. The topological polar surface area (TPSA) is 79.4 Å². The summed E-state index contributed by atoms with van der Waals surface area (Å²) in [5.41, 5.74) is 0.581. The van der Waals surface area contributed by atoms with E-state index in [0.717, 1.165) is 10.5 Å². The Kier molecular flexibility index (Phi) is 5.42. The number of nitrogens with one attached hydrogen (secondary N) is 1. The lowest BCUT2D eigenvalue weighted by atomic mass is 10.2. The van der Waals surface area contributed by atoms with Crippen molar-refractivity contribution in [2.75, 3.05) is 19.4 Å².